The average molecular weight is 319 g/mol. The molecule has 2 N–H and O–H groups in total. The molecule has 0 saturated carbocycles. The number of benzene rings is 2. The van der Waals surface area contributed by atoms with Crippen LogP contribution in [0.1, 0.15) is 11.1 Å². The van der Waals surface area contributed by atoms with Gasteiger partial charge in [-0.2, -0.15) is 0 Å². The van der Waals surface area contributed by atoms with Gasteiger partial charge in [0.1, 0.15) is 18.2 Å². The molecule has 1 aliphatic rings. The predicted molar refractivity (Wildman–Crippen MR) is 81.4 cm³/mol. The van der Waals surface area contributed by atoms with Gasteiger partial charge in [0.05, 0.1) is 4.90 Å². The van der Waals surface area contributed by atoms with Crippen molar-refractivity contribution >= 4 is 15.4 Å². The standard InChI is InChI=1S/C16H14FNO3S/c17-13-4-6-14(7-5-13)21-9-12-10-22(19,20)16-11(8-18)2-1-3-15(12)16/h1-7,10H,8-9,18H2. The molecule has 0 saturated heterocycles. The topological polar surface area (TPSA) is 69.4 Å². The molecule has 0 fully saturated rings. The van der Waals surface area contributed by atoms with Gasteiger partial charge in [0.25, 0.3) is 0 Å². The smallest absolute Gasteiger partial charge is 0.201 e. The average Bonchev–Trinajstić information content (AvgIpc) is 2.78. The second kappa shape index (κ2) is 5.55. The van der Waals surface area contributed by atoms with Crippen LogP contribution >= 0.6 is 0 Å². The zero-order valence-electron chi connectivity index (χ0n) is 11.6. The molecule has 0 spiro atoms. The SMILES string of the molecule is NCc1cccc2c1S(=O)(=O)C=C2COc1ccc(F)cc1. The quantitative estimate of drug-likeness (QED) is 0.940. The van der Waals surface area contributed by atoms with Crippen LogP contribution in [0.5, 0.6) is 5.75 Å². The number of sulfone groups is 1. The van der Waals surface area contributed by atoms with Gasteiger partial charge in [-0.3, -0.25) is 0 Å². The largest absolute Gasteiger partial charge is 0.489 e. The van der Waals surface area contributed by atoms with Gasteiger partial charge >= 0.3 is 0 Å². The molecule has 114 valence electrons. The second-order valence-corrected chi connectivity index (χ2v) is 6.66. The van der Waals surface area contributed by atoms with Gasteiger partial charge in [0, 0.05) is 23.1 Å². The molecule has 6 heteroatoms. The van der Waals surface area contributed by atoms with Gasteiger partial charge in [-0.15, -0.1) is 0 Å². The van der Waals surface area contributed by atoms with E-state index in [4.69, 9.17) is 10.5 Å². The fraction of sp³-hybridized carbons (Fsp3) is 0.125. The first-order valence-corrected chi connectivity index (χ1v) is 8.22. The summed E-state index contributed by atoms with van der Waals surface area (Å²) in [5.41, 5.74) is 7.38. The van der Waals surface area contributed by atoms with Gasteiger partial charge in [-0.05, 0) is 29.8 Å². The molecule has 2 aromatic carbocycles. The van der Waals surface area contributed by atoms with E-state index in [2.05, 4.69) is 0 Å². The second-order valence-electron chi connectivity index (χ2n) is 4.93. The summed E-state index contributed by atoms with van der Waals surface area (Å²) in [5, 5.41) is 1.21. The molecule has 0 amide bonds. The Balaban J connectivity index is 1.89. The van der Waals surface area contributed by atoms with Gasteiger partial charge < -0.3 is 10.5 Å². The summed E-state index contributed by atoms with van der Waals surface area (Å²) in [4.78, 5) is 0.259. The molecule has 0 atom stereocenters. The van der Waals surface area contributed by atoms with Crippen LogP contribution in [0.15, 0.2) is 52.8 Å². The van der Waals surface area contributed by atoms with Crippen molar-refractivity contribution in [1.82, 2.24) is 0 Å². The van der Waals surface area contributed by atoms with Crippen molar-refractivity contribution in [3.63, 3.8) is 0 Å². The monoisotopic (exact) mass is 319 g/mol. The lowest BCUT2D eigenvalue weighted by molar-refractivity contribution is 0.369. The predicted octanol–water partition coefficient (Wildman–Crippen LogP) is 2.49. The summed E-state index contributed by atoms with van der Waals surface area (Å²) >= 11 is 0. The summed E-state index contributed by atoms with van der Waals surface area (Å²) in [7, 11) is -3.49. The number of halogens is 1. The third kappa shape index (κ3) is 2.63. The highest BCUT2D eigenvalue weighted by atomic mass is 32.2. The molecule has 3 rings (SSSR count). The molecule has 0 aliphatic carbocycles. The van der Waals surface area contributed by atoms with E-state index >= 15 is 0 Å². The van der Waals surface area contributed by atoms with Crippen LogP contribution in [-0.4, -0.2) is 15.0 Å². The normalized spacial score (nSPS) is 15.3. The van der Waals surface area contributed by atoms with Gasteiger partial charge in [-0.1, -0.05) is 18.2 Å². The number of hydrogen-bond acceptors (Lipinski definition) is 4. The minimum Gasteiger partial charge on any atom is -0.489 e. The van der Waals surface area contributed by atoms with Crippen LogP contribution in [0, 0.1) is 5.82 Å². The minimum atomic E-state index is -3.49. The highest BCUT2D eigenvalue weighted by Crippen LogP contribution is 2.36. The lowest BCUT2D eigenvalue weighted by Crippen LogP contribution is -2.05. The van der Waals surface area contributed by atoms with Crippen LogP contribution in [0.4, 0.5) is 4.39 Å². The molecule has 0 radical (unpaired) electrons. The highest BCUT2D eigenvalue weighted by Gasteiger charge is 2.29. The highest BCUT2D eigenvalue weighted by molar-refractivity contribution is 7.95. The van der Waals surface area contributed by atoms with Crippen molar-refractivity contribution in [2.45, 2.75) is 11.4 Å². The Morgan fingerprint density at radius 1 is 1.09 bits per heavy atom. The maximum absolute atomic E-state index is 12.9. The van der Waals surface area contributed by atoms with E-state index in [0.29, 0.717) is 22.4 Å². The van der Waals surface area contributed by atoms with E-state index in [-0.39, 0.29) is 23.9 Å². The van der Waals surface area contributed by atoms with Crippen LogP contribution in [0.25, 0.3) is 5.57 Å². The van der Waals surface area contributed by atoms with E-state index < -0.39 is 9.84 Å². The lowest BCUT2D eigenvalue weighted by atomic mass is 10.1. The van der Waals surface area contributed by atoms with Crippen molar-refractivity contribution in [2.24, 2.45) is 5.73 Å². The Morgan fingerprint density at radius 3 is 2.50 bits per heavy atom. The molecule has 0 bridgehead atoms. The van der Waals surface area contributed by atoms with Crippen LogP contribution in [-0.2, 0) is 16.4 Å². The van der Waals surface area contributed by atoms with Crippen molar-refractivity contribution in [2.75, 3.05) is 6.61 Å². The molecular formula is C16H14FNO3S. The van der Waals surface area contributed by atoms with Crippen molar-refractivity contribution in [3.05, 3.63) is 64.8 Å². The maximum Gasteiger partial charge on any atom is 0.201 e. The van der Waals surface area contributed by atoms with E-state index in [0.717, 1.165) is 0 Å². The maximum atomic E-state index is 12.9. The number of nitrogens with two attached hydrogens (primary N) is 1. The Morgan fingerprint density at radius 2 is 1.82 bits per heavy atom. The van der Waals surface area contributed by atoms with Crippen LogP contribution in [0.3, 0.4) is 0 Å². The first kappa shape index (κ1) is 14.7. The van der Waals surface area contributed by atoms with Gasteiger partial charge in [0.2, 0.25) is 9.84 Å². The third-order valence-electron chi connectivity index (χ3n) is 3.45. The minimum absolute atomic E-state index is 0.0892. The van der Waals surface area contributed by atoms with E-state index in [1.165, 1.54) is 29.7 Å². The van der Waals surface area contributed by atoms with Crippen LogP contribution in [0.2, 0.25) is 0 Å². The summed E-state index contributed by atoms with van der Waals surface area (Å²) in [6.07, 6.45) is 0. The molecular weight excluding hydrogens is 305 g/mol. The number of hydrogen-bond donors (Lipinski definition) is 1. The molecule has 4 nitrogen and oxygen atoms in total. The summed E-state index contributed by atoms with van der Waals surface area (Å²) in [6, 6.07) is 10.8. The fourth-order valence-corrected chi connectivity index (χ4v) is 4.16. The Hall–Kier alpha value is -2.18. The molecule has 1 heterocycles. The van der Waals surface area contributed by atoms with Crippen molar-refractivity contribution in [3.8, 4) is 5.75 Å². The molecule has 22 heavy (non-hydrogen) atoms. The molecule has 0 aromatic heterocycles. The Kier molecular flexibility index (Phi) is 3.72. The van der Waals surface area contributed by atoms with Crippen molar-refractivity contribution < 1.29 is 17.5 Å². The third-order valence-corrected chi connectivity index (χ3v) is 5.10. The van der Waals surface area contributed by atoms with E-state index in [1.54, 1.807) is 18.2 Å². The fourth-order valence-electron chi connectivity index (χ4n) is 2.45. The number of rotatable bonds is 4. The number of ether oxygens (including phenoxy) is 1. The zero-order chi connectivity index (χ0) is 15.7. The number of fused-ring (bicyclic) bond motifs is 1. The molecule has 2 aromatic rings. The zero-order valence-corrected chi connectivity index (χ0v) is 12.4. The first-order valence-electron chi connectivity index (χ1n) is 6.67. The molecule has 0 unspecified atom stereocenters. The van der Waals surface area contributed by atoms with Crippen LogP contribution < -0.4 is 10.5 Å². The molecule has 1 aliphatic heterocycles. The Bertz CT molecular complexity index is 842. The summed E-state index contributed by atoms with van der Waals surface area (Å²) in [5.74, 6) is 0.121. The van der Waals surface area contributed by atoms with Gasteiger partial charge in [-0.25, -0.2) is 12.8 Å². The Labute approximate surface area is 127 Å². The van der Waals surface area contributed by atoms with E-state index in [9.17, 15) is 12.8 Å². The van der Waals surface area contributed by atoms with Crippen molar-refractivity contribution in [1.29, 1.82) is 0 Å². The lowest BCUT2D eigenvalue weighted by Gasteiger charge is -2.09. The summed E-state index contributed by atoms with van der Waals surface area (Å²) < 4.78 is 42.9. The first-order chi connectivity index (χ1) is 10.5. The summed E-state index contributed by atoms with van der Waals surface area (Å²) in [6.45, 7) is 0.244. The van der Waals surface area contributed by atoms with E-state index in [1.807, 2.05) is 0 Å². The van der Waals surface area contributed by atoms with Gasteiger partial charge in [0.15, 0.2) is 0 Å².